The van der Waals surface area contributed by atoms with Gasteiger partial charge in [0.1, 0.15) is 0 Å². The van der Waals surface area contributed by atoms with Crippen molar-refractivity contribution in [3.8, 4) is 0 Å². The Morgan fingerprint density at radius 3 is 2.44 bits per heavy atom. The molecule has 2 rings (SSSR count). The zero-order chi connectivity index (χ0) is 13.2. The lowest BCUT2D eigenvalue weighted by atomic mass is 9.91. The molecule has 0 aliphatic rings. The molecular formula is C15H17BrOS. The Labute approximate surface area is 121 Å². The molecule has 3 heteroatoms. The van der Waals surface area contributed by atoms with E-state index in [1.54, 1.807) is 11.3 Å². The fourth-order valence-electron chi connectivity index (χ4n) is 1.99. The number of thiophene rings is 1. The van der Waals surface area contributed by atoms with Gasteiger partial charge in [0, 0.05) is 21.2 Å². The first-order valence-electron chi connectivity index (χ1n) is 6.06. The topological polar surface area (TPSA) is 20.2 Å². The van der Waals surface area contributed by atoms with Crippen LogP contribution in [0, 0.1) is 0 Å². The van der Waals surface area contributed by atoms with Crippen molar-refractivity contribution in [1.82, 2.24) is 0 Å². The highest BCUT2D eigenvalue weighted by atomic mass is 79.9. The van der Waals surface area contributed by atoms with Crippen molar-refractivity contribution >= 4 is 27.3 Å². The van der Waals surface area contributed by atoms with Crippen LogP contribution in [0.4, 0.5) is 0 Å². The molecule has 0 amide bonds. The number of hydrogen-bond acceptors (Lipinski definition) is 2. The van der Waals surface area contributed by atoms with Gasteiger partial charge >= 0.3 is 0 Å². The van der Waals surface area contributed by atoms with Crippen LogP contribution in [0.3, 0.4) is 0 Å². The molecule has 0 saturated carbocycles. The first-order chi connectivity index (χ1) is 8.51. The van der Waals surface area contributed by atoms with Gasteiger partial charge in [-0.2, -0.15) is 0 Å². The number of rotatable bonds is 4. The highest BCUT2D eigenvalue weighted by Crippen LogP contribution is 2.29. The lowest BCUT2D eigenvalue weighted by molar-refractivity contribution is 0.0584. The SMILES string of the molecule is CCc1ccc(C(C)(O)Cc2cc(Br)cs2)cc1. The monoisotopic (exact) mass is 324 g/mol. The van der Waals surface area contributed by atoms with Gasteiger partial charge in [0.15, 0.2) is 0 Å². The molecule has 1 nitrogen and oxygen atoms in total. The summed E-state index contributed by atoms with van der Waals surface area (Å²) in [5.41, 5.74) is 1.47. The van der Waals surface area contributed by atoms with E-state index >= 15 is 0 Å². The molecule has 1 aromatic carbocycles. The first-order valence-corrected chi connectivity index (χ1v) is 7.73. The number of hydrogen-bond donors (Lipinski definition) is 1. The minimum Gasteiger partial charge on any atom is -0.385 e. The van der Waals surface area contributed by atoms with Crippen LogP contribution in [0.15, 0.2) is 40.2 Å². The Hall–Kier alpha value is -0.640. The van der Waals surface area contributed by atoms with E-state index < -0.39 is 5.60 Å². The lowest BCUT2D eigenvalue weighted by Gasteiger charge is -2.23. The standard InChI is InChI=1S/C15H17BrOS/c1-3-11-4-6-12(7-5-11)15(2,17)9-14-8-13(16)10-18-14/h4-8,10,17H,3,9H2,1-2H3. The average Bonchev–Trinajstić information content (AvgIpc) is 2.74. The summed E-state index contributed by atoms with van der Waals surface area (Å²) in [6.45, 7) is 4.01. The van der Waals surface area contributed by atoms with Crippen LogP contribution in [-0.4, -0.2) is 5.11 Å². The molecule has 1 heterocycles. The number of halogens is 1. The van der Waals surface area contributed by atoms with Crippen molar-refractivity contribution in [2.75, 3.05) is 0 Å². The molecular weight excluding hydrogens is 308 g/mol. The molecule has 0 fully saturated rings. The highest BCUT2D eigenvalue weighted by molar-refractivity contribution is 9.10. The molecule has 2 aromatic rings. The molecule has 1 atom stereocenters. The molecule has 0 aliphatic heterocycles. The van der Waals surface area contributed by atoms with Gasteiger partial charge in [0.2, 0.25) is 0 Å². The van der Waals surface area contributed by atoms with E-state index in [4.69, 9.17) is 0 Å². The Kier molecular flexibility index (Phi) is 4.25. The molecule has 96 valence electrons. The normalized spacial score (nSPS) is 14.4. The minimum atomic E-state index is -0.809. The van der Waals surface area contributed by atoms with Crippen molar-refractivity contribution in [2.45, 2.75) is 32.3 Å². The summed E-state index contributed by atoms with van der Waals surface area (Å²) in [5.74, 6) is 0. The molecule has 0 spiro atoms. The third-order valence-corrected chi connectivity index (χ3v) is 4.82. The second kappa shape index (κ2) is 5.55. The maximum absolute atomic E-state index is 10.6. The van der Waals surface area contributed by atoms with Crippen molar-refractivity contribution in [3.63, 3.8) is 0 Å². The molecule has 0 aliphatic carbocycles. The van der Waals surface area contributed by atoms with E-state index in [1.165, 1.54) is 10.4 Å². The summed E-state index contributed by atoms with van der Waals surface area (Å²) in [5, 5.41) is 12.7. The number of aryl methyl sites for hydroxylation is 1. The third-order valence-electron chi connectivity index (χ3n) is 3.12. The fourth-order valence-corrected chi connectivity index (χ4v) is 3.59. The van der Waals surface area contributed by atoms with Gasteiger partial charge in [-0.25, -0.2) is 0 Å². The molecule has 1 aromatic heterocycles. The predicted octanol–water partition coefficient (Wildman–Crippen LogP) is 4.52. The summed E-state index contributed by atoms with van der Waals surface area (Å²) >= 11 is 5.12. The second-order valence-electron chi connectivity index (χ2n) is 4.73. The largest absolute Gasteiger partial charge is 0.385 e. The summed E-state index contributed by atoms with van der Waals surface area (Å²) in [6.07, 6.45) is 1.68. The second-order valence-corrected chi connectivity index (χ2v) is 6.64. The van der Waals surface area contributed by atoms with Crippen molar-refractivity contribution < 1.29 is 5.11 Å². The Bertz CT molecular complexity index is 514. The van der Waals surface area contributed by atoms with E-state index in [0.29, 0.717) is 6.42 Å². The quantitative estimate of drug-likeness (QED) is 0.876. The zero-order valence-electron chi connectivity index (χ0n) is 10.6. The van der Waals surface area contributed by atoms with Crippen LogP contribution >= 0.6 is 27.3 Å². The Balaban J connectivity index is 2.18. The molecule has 1 N–H and O–H groups in total. The summed E-state index contributed by atoms with van der Waals surface area (Å²) in [4.78, 5) is 1.19. The third kappa shape index (κ3) is 3.22. The fraction of sp³-hybridized carbons (Fsp3) is 0.333. The van der Waals surface area contributed by atoms with E-state index in [2.05, 4.69) is 41.1 Å². The van der Waals surface area contributed by atoms with Crippen LogP contribution in [0.1, 0.15) is 29.9 Å². The van der Waals surface area contributed by atoms with Gasteiger partial charge < -0.3 is 5.11 Å². The van der Waals surface area contributed by atoms with Gasteiger partial charge in [-0.05, 0) is 46.5 Å². The maximum atomic E-state index is 10.6. The zero-order valence-corrected chi connectivity index (χ0v) is 13.0. The Morgan fingerprint density at radius 1 is 1.28 bits per heavy atom. The van der Waals surface area contributed by atoms with Crippen LogP contribution in [0.5, 0.6) is 0 Å². The first kappa shape index (κ1) is 13.8. The molecule has 0 bridgehead atoms. The van der Waals surface area contributed by atoms with Crippen LogP contribution in [0.25, 0.3) is 0 Å². The van der Waals surface area contributed by atoms with Gasteiger partial charge in [0.05, 0.1) is 5.60 Å². The summed E-state index contributed by atoms with van der Waals surface area (Å²) in [6, 6.07) is 10.3. The number of benzene rings is 1. The van der Waals surface area contributed by atoms with Crippen molar-refractivity contribution in [2.24, 2.45) is 0 Å². The van der Waals surface area contributed by atoms with Gasteiger partial charge in [0.25, 0.3) is 0 Å². The predicted molar refractivity (Wildman–Crippen MR) is 81.1 cm³/mol. The minimum absolute atomic E-state index is 0.648. The van der Waals surface area contributed by atoms with E-state index in [9.17, 15) is 5.11 Å². The smallest absolute Gasteiger partial charge is 0.0916 e. The maximum Gasteiger partial charge on any atom is 0.0916 e. The van der Waals surface area contributed by atoms with Crippen molar-refractivity contribution in [3.05, 3.63) is 56.2 Å². The lowest BCUT2D eigenvalue weighted by Crippen LogP contribution is -2.23. The van der Waals surface area contributed by atoms with Crippen LogP contribution in [-0.2, 0) is 18.4 Å². The van der Waals surface area contributed by atoms with Gasteiger partial charge in [-0.15, -0.1) is 11.3 Å². The molecule has 1 unspecified atom stereocenters. The summed E-state index contributed by atoms with van der Waals surface area (Å²) < 4.78 is 1.08. The van der Waals surface area contributed by atoms with Crippen LogP contribution in [0.2, 0.25) is 0 Å². The Morgan fingerprint density at radius 2 is 1.94 bits per heavy atom. The number of aliphatic hydroxyl groups is 1. The molecule has 0 saturated heterocycles. The van der Waals surface area contributed by atoms with Gasteiger partial charge in [-0.3, -0.25) is 0 Å². The van der Waals surface area contributed by atoms with Crippen LogP contribution < -0.4 is 0 Å². The molecule has 0 radical (unpaired) electrons. The molecule has 18 heavy (non-hydrogen) atoms. The van der Waals surface area contributed by atoms with Gasteiger partial charge in [-0.1, -0.05) is 31.2 Å². The van der Waals surface area contributed by atoms with E-state index in [-0.39, 0.29) is 0 Å². The highest BCUT2D eigenvalue weighted by Gasteiger charge is 2.24. The average molecular weight is 325 g/mol. The van der Waals surface area contributed by atoms with Crippen molar-refractivity contribution in [1.29, 1.82) is 0 Å². The van der Waals surface area contributed by atoms with E-state index in [0.717, 1.165) is 16.5 Å². The summed E-state index contributed by atoms with van der Waals surface area (Å²) in [7, 11) is 0. The van der Waals surface area contributed by atoms with E-state index in [1.807, 2.05) is 24.4 Å².